The van der Waals surface area contributed by atoms with Crippen LogP contribution in [0.5, 0.6) is 5.75 Å². The van der Waals surface area contributed by atoms with Crippen LogP contribution in [0.15, 0.2) is 48.5 Å². The first-order valence-corrected chi connectivity index (χ1v) is 14.3. The summed E-state index contributed by atoms with van der Waals surface area (Å²) in [6.45, 7) is 8.84. The fraction of sp³-hybridized carbons (Fsp3) is 0.481. The minimum atomic E-state index is -3.61. The summed E-state index contributed by atoms with van der Waals surface area (Å²) in [5.74, 6) is 0.0912. The van der Waals surface area contributed by atoms with Gasteiger partial charge in [-0.15, -0.1) is 0 Å². The molecule has 0 unspecified atom stereocenters. The molecule has 0 radical (unpaired) electrons. The van der Waals surface area contributed by atoms with Crippen LogP contribution < -0.4 is 14.4 Å². The second-order valence-electron chi connectivity index (χ2n) is 8.61. The van der Waals surface area contributed by atoms with Crippen molar-refractivity contribution in [2.75, 3.05) is 30.3 Å². The molecule has 0 saturated heterocycles. The van der Waals surface area contributed by atoms with Gasteiger partial charge in [0.25, 0.3) is 0 Å². The minimum Gasteiger partial charge on any atom is -0.492 e. The van der Waals surface area contributed by atoms with Crippen LogP contribution in [0.4, 0.5) is 5.69 Å². The van der Waals surface area contributed by atoms with Crippen molar-refractivity contribution in [2.45, 2.75) is 59.5 Å². The maximum absolute atomic E-state index is 13.5. The average molecular weight is 518 g/mol. The maximum atomic E-state index is 13.5. The Hall–Kier alpha value is -3.07. The van der Waals surface area contributed by atoms with Crippen LogP contribution in [0.2, 0.25) is 0 Å². The highest BCUT2D eigenvalue weighted by atomic mass is 32.2. The van der Waals surface area contributed by atoms with E-state index in [0.717, 1.165) is 17.4 Å². The highest BCUT2D eigenvalue weighted by Gasteiger charge is 2.29. The molecule has 1 atom stereocenters. The quantitative estimate of drug-likeness (QED) is 0.410. The van der Waals surface area contributed by atoms with Crippen molar-refractivity contribution in [3.63, 3.8) is 0 Å². The third-order valence-electron chi connectivity index (χ3n) is 5.92. The minimum absolute atomic E-state index is 0.102. The Morgan fingerprint density at radius 2 is 1.69 bits per heavy atom. The van der Waals surface area contributed by atoms with Crippen LogP contribution in [0.25, 0.3) is 0 Å². The van der Waals surface area contributed by atoms with Crippen LogP contribution in [0.3, 0.4) is 0 Å². The molecule has 0 saturated carbocycles. The number of amides is 2. The first kappa shape index (κ1) is 29.2. The summed E-state index contributed by atoms with van der Waals surface area (Å²) in [5, 5.41) is 2.83. The van der Waals surface area contributed by atoms with Crippen molar-refractivity contribution < 1.29 is 22.7 Å². The third kappa shape index (κ3) is 7.98. The molecule has 1 N–H and O–H groups in total. The van der Waals surface area contributed by atoms with E-state index in [1.807, 2.05) is 52.0 Å². The molecule has 36 heavy (non-hydrogen) atoms. The van der Waals surface area contributed by atoms with Gasteiger partial charge in [-0.2, -0.15) is 0 Å². The lowest BCUT2D eigenvalue weighted by Crippen LogP contribution is -2.49. The predicted molar refractivity (Wildman–Crippen MR) is 144 cm³/mol. The van der Waals surface area contributed by atoms with Gasteiger partial charge in [0.1, 0.15) is 11.8 Å². The second kappa shape index (κ2) is 13.9. The Bertz CT molecular complexity index is 1120. The number of anilines is 1. The number of likely N-dealkylation sites (N-methyl/N-ethyl adjacent to an activating group) is 1. The van der Waals surface area contributed by atoms with E-state index in [-0.39, 0.29) is 24.8 Å². The number of sulfonamides is 1. The summed E-state index contributed by atoms with van der Waals surface area (Å²) in [6.07, 6.45) is 2.01. The highest BCUT2D eigenvalue weighted by molar-refractivity contribution is 7.92. The van der Waals surface area contributed by atoms with Gasteiger partial charge in [-0.25, -0.2) is 8.42 Å². The summed E-state index contributed by atoms with van der Waals surface area (Å²) in [7, 11) is -3.61. The summed E-state index contributed by atoms with van der Waals surface area (Å²) >= 11 is 0. The van der Waals surface area contributed by atoms with E-state index in [4.69, 9.17) is 4.74 Å². The first-order valence-electron chi connectivity index (χ1n) is 12.4. The molecule has 2 rings (SSSR count). The van der Waals surface area contributed by atoms with Gasteiger partial charge in [0.15, 0.2) is 0 Å². The molecule has 0 spiro atoms. The number of hydrogen-bond donors (Lipinski definition) is 1. The molecule has 0 aliphatic heterocycles. The Balaban J connectivity index is 2.25. The topological polar surface area (TPSA) is 96.0 Å². The van der Waals surface area contributed by atoms with Crippen LogP contribution in [0, 0.1) is 6.92 Å². The molecule has 0 bridgehead atoms. The van der Waals surface area contributed by atoms with E-state index in [0.29, 0.717) is 44.0 Å². The maximum Gasteiger partial charge on any atom is 0.242 e. The molecule has 2 amide bonds. The van der Waals surface area contributed by atoms with Crippen LogP contribution in [0.1, 0.15) is 51.2 Å². The van der Waals surface area contributed by atoms with E-state index in [2.05, 4.69) is 5.32 Å². The molecule has 8 nitrogen and oxygen atoms in total. The van der Waals surface area contributed by atoms with Gasteiger partial charge < -0.3 is 15.0 Å². The van der Waals surface area contributed by atoms with Crippen molar-refractivity contribution in [3.8, 4) is 5.75 Å². The number of benzene rings is 2. The highest BCUT2D eigenvalue weighted by Crippen LogP contribution is 2.30. The predicted octanol–water partition coefficient (Wildman–Crippen LogP) is 3.88. The molecule has 2 aromatic rings. The number of nitrogens with one attached hydrogen (secondary N) is 1. The molecule has 0 fully saturated rings. The molecule has 0 aliphatic carbocycles. The van der Waals surface area contributed by atoms with Crippen LogP contribution in [-0.2, 0) is 26.2 Å². The zero-order valence-corrected chi connectivity index (χ0v) is 22.8. The number of rotatable bonds is 14. The van der Waals surface area contributed by atoms with E-state index in [1.54, 1.807) is 29.2 Å². The van der Waals surface area contributed by atoms with Crippen molar-refractivity contribution in [1.29, 1.82) is 0 Å². The van der Waals surface area contributed by atoms with Gasteiger partial charge in [-0.3, -0.25) is 13.9 Å². The zero-order chi connectivity index (χ0) is 26.7. The molecule has 2 aromatic carbocycles. The third-order valence-corrected chi connectivity index (χ3v) is 7.10. The molecule has 198 valence electrons. The van der Waals surface area contributed by atoms with Gasteiger partial charge in [-0.1, -0.05) is 43.3 Å². The Kier molecular flexibility index (Phi) is 11.2. The molecule has 9 heteroatoms. The van der Waals surface area contributed by atoms with Crippen molar-refractivity contribution >= 4 is 27.5 Å². The van der Waals surface area contributed by atoms with Gasteiger partial charge in [-0.05, 0) is 56.9 Å². The first-order chi connectivity index (χ1) is 17.1. The summed E-state index contributed by atoms with van der Waals surface area (Å²) in [5.41, 5.74) is 2.45. The summed E-state index contributed by atoms with van der Waals surface area (Å²) in [6, 6.07) is 14.1. The Morgan fingerprint density at radius 1 is 1.03 bits per heavy atom. The monoisotopic (exact) mass is 517 g/mol. The lowest BCUT2D eigenvalue weighted by molar-refractivity contribution is -0.141. The molecular formula is C27H39N3O5S. The number of carbonyl (C=O) groups is 2. The lowest BCUT2D eigenvalue weighted by atomic mass is 10.1. The van der Waals surface area contributed by atoms with Gasteiger partial charge >= 0.3 is 0 Å². The van der Waals surface area contributed by atoms with Gasteiger partial charge in [0, 0.05) is 26.1 Å². The number of para-hydroxylation sites is 2. The second-order valence-corrected chi connectivity index (χ2v) is 10.5. The SMILES string of the molecule is CCNC(=O)[C@H](CC)N(Cc1ccccc1C)C(=O)CCCN(c1ccccc1OCC)S(C)(=O)=O. The largest absolute Gasteiger partial charge is 0.492 e. The zero-order valence-electron chi connectivity index (χ0n) is 22.0. The van der Waals surface area contributed by atoms with Crippen molar-refractivity contribution in [1.82, 2.24) is 10.2 Å². The average Bonchev–Trinajstić information content (AvgIpc) is 2.83. The summed E-state index contributed by atoms with van der Waals surface area (Å²) in [4.78, 5) is 27.9. The Morgan fingerprint density at radius 3 is 2.31 bits per heavy atom. The van der Waals surface area contributed by atoms with E-state index < -0.39 is 16.1 Å². The van der Waals surface area contributed by atoms with Crippen LogP contribution in [-0.4, -0.2) is 57.1 Å². The number of hydrogen-bond acceptors (Lipinski definition) is 5. The number of carbonyl (C=O) groups excluding carboxylic acids is 2. The molecular weight excluding hydrogens is 478 g/mol. The van der Waals surface area contributed by atoms with Crippen molar-refractivity contribution in [3.05, 3.63) is 59.7 Å². The smallest absolute Gasteiger partial charge is 0.242 e. The lowest BCUT2D eigenvalue weighted by Gasteiger charge is -2.31. The van der Waals surface area contributed by atoms with Gasteiger partial charge in [0.05, 0.1) is 18.6 Å². The number of ether oxygens (including phenoxy) is 1. The van der Waals surface area contributed by atoms with Crippen molar-refractivity contribution in [2.24, 2.45) is 0 Å². The summed E-state index contributed by atoms with van der Waals surface area (Å²) < 4.78 is 32.1. The molecule has 0 aromatic heterocycles. The molecule has 0 heterocycles. The standard InChI is InChI=1S/C27H39N3O5S/c1-6-23(27(32)28-7-2)29(20-22-15-10-9-14-21(22)4)26(31)18-13-19-30(36(5,33)34)24-16-11-12-17-25(24)35-8-3/h9-12,14-17,23H,6-8,13,18-20H2,1-5H3,(H,28,32)/t23-/m0/s1. The van der Waals surface area contributed by atoms with Gasteiger partial charge in [0.2, 0.25) is 21.8 Å². The fourth-order valence-electron chi connectivity index (χ4n) is 4.11. The normalized spacial score (nSPS) is 12.0. The van der Waals surface area contributed by atoms with E-state index in [1.165, 1.54) is 4.31 Å². The van der Waals surface area contributed by atoms with Crippen LogP contribution >= 0.6 is 0 Å². The number of aryl methyl sites for hydroxylation is 1. The fourth-order valence-corrected chi connectivity index (χ4v) is 5.07. The molecule has 0 aliphatic rings. The Labute approximate surface area is 215 Å². The number of nitrogens with zero attached hydrogens (tertiary/aromatic N) is 2. The van der Waals surface area contributed by atoms with E-state index >= 15 is 0 Å². The van der Waals surface area contributed by atoms with E-state index in [9.17, 15) is 18.0 Å².